The van der Waals surface area contributed by atoms with Gasteiger partial charge in [-0.3, -0.25) is 4.98 Å². The third-order valence-electron chi connectivity index (χ3n) is 3.70. The number of para-hydroxylation sites is 1. The molecule has 0 fully saturated rings. The number of pyridine rings is 1. The van der Waals surface area contributed by atoms with E-state index >= 15 is 0 Å². The lowest BCUT2D eigenvalue weighted by Crippen LogP contribution is -2.39. The molecule has 1 N–H and O–H groups in total. The molecule has 0 saturated carbocycles. The zero-order chi connectivity index (χ0) is 16.8. The van der Waals surface area contributed by atoms with Crippen LogP contribution < -0.4 is 10.1 Å². The number of hydrogen-bond donors (Lipinski definition) is 1. The van der Waals surface area contributed by atoms with E-state index in [0.29, 0.717) is 6.42 Å². The number of nitrogens with one attached hydrogen (secondary N) is 1. The Hall–Kier alpha value is -2.63. The quantitative estimate of drug-likeness (QED) is 0.920. The number of ether oxygens (including phenoxy) is 1. The van der Waals surface area contributed by atoms with Crippen LogP contribution in [-0.4, -0.2) is 36.1 Å². The van der Waals surface area contributed by atoms with E-state index in [0.717, 1.165) is 17.5 Å². The minimum atomic E-state index is -0.563. The highest BCUT2D eigenvalue weighted by atomic mass is 19.1. The predicted molar refractivity (Wildman–Crippen MR) is 87.1 cm³/mol. The molecule has 0 aliphatic rings. The van der Waals surface area contributed by atoms with E-state index in [1.165, 1.54) is 17.2 Å². The fraction of sp³-hybridized carbons (Fsp3) is 0.294. The molecular weight excluding hydrogens is 297 g/mol. The van der Waals surface area contributed by atoms with Crippen molar-refractivity contribution in [3.05, 3.63) is 54.1 Å². The van der Waals surface area contributed by atoms with Crippen molar-refractivity contribution in [1.82, 2.24) is 9.88 Å². The molecular formula is C17H20FN3O2. The second-order valence-electron chi connectivity index (χ2n) is 5.26. The van der Waals surface area contributed by atoms with Crippen molar-refractivity contribution in [3.63, 3.8) is 0 Å². The SMILES string of the molecule is COc1ccccc1CC(C)N(C)C(=O)Nc1ccncc1F. The van der Waals surface area contributed by atoms with Gasteiger partial charge in [0.25, 0.3) is 0 Å². The summed E-state index contributed by atoms with van der Waals surface area (Å²) in [5.74, 6) is 0.222. The Morgan fingerprint density at radius 1 is 1.39 bits per heavy atom. The van der Waals surface area contributed by atoms with Gasteiger partial charge in [0.05, 0.1) is 19.0 Å². The van der Waals surface area contributed by atoms with Gasteiger partial charge in [0.2, 0.25) is 0 Å². The van der Waals surface area contributed by atoms with Gasteiger partial charge in [-0.25, -0.2) is 9.18 Å². The maximum absolute atomic E-state index is 13.5. The number of nitrogens with zero attached hydrogens (tertiary/aromatic N) is 2. The molecule has 23 heavy (non-hydrogen) atoms. The second kappa shape index (κ2) is 7.58. The molecule has 0 aliphatic heterocycles. The fourth-order valence-electron chi connectivity index (χ4n) is 2.21. The third-order valence-corrected chi connectivity index (χ3v) is 3.70. The van der Waals surface area contributed by atoms with Crippen LogP contribution in [0.3, 0.4) is 0 Å². The van der Waals surface area contributed by atoms with Crippen LogP contribution in [0.5, 0.6) is 5.75 Å². The summed E-state index contributed by atoms with van der Waals surface area (Å²) in [6, 6.07) is 8.63. The van der Waals surface area contributed by atoms with E-state index in [1.807, 2.05) is 31.2 Å². The summed E-state index contributed by atoms with van der Waals surface area (Å²) >= 11 is 0. The van der Waals surface area contributed by atoms with Gasteiger partial charge in [-0.1, -0.05) is 18.2 Å². The van der Waals surface area contributed by atoms with E-state index in [2.05, 4.69) is 10.3 Å². The van der Waals surface area contributed by atoms with Crippen molar-refractivity contribution in [1.29, 1.82) is 0 Å². The molecule has 0 radical (unpaired) electrons. The van der Waals surface area contributed by atoms with Crippen molar-refractivity contribution < 1.29 is 13.9 Å². The summed E-state index contributed by atoms with van der Waals surface area (Å²) in [7, 11) is 3.29. The van der Waals surface area contributed by atoms with E-state index < -0.39 is 5.82 Å². The molecule has 5 nitrogen and oxygen atoms in total. The molecule has 0 bridgehead atoms. The Labute approximate surface area is 135 Å². The molecule has 6 heteroatoms. The van der Waals surface area contributed by atoms with Crippen LogP contribution in [0.25, 0.3) is 0 Å². The first-order chi connectivity index (χ1) is 11.0. The average Bonchev–Trinajstić information content (AvgIpc) is 2.56. The summed E-state index contributed by atoms with van der Waals surface area (Å²) in [4.78, 5) is 17.4. The van der Waals surface area contributed by atoms with Crippen molar-refractivity contribution in [2.75, 3.05) is 19.5 Å². The van der Waals surface area contributed by atoms with Crippen molar-refractivity contribution in [3.8, 4) is 5.75 Å². The summed E-state index contributed by atoms with van der Waals surface area (Å²) in [6.45, 7) is 1.93. The molecule has 0 saturated heterocycles. The Bertz CT molecular complexity index is 678. The van der Waals surface area contributed by atoms with Crippen LogP contribution in [0, 0.1) is 5.82 Å². The maximum atomic E-state index is 13.5. The molecule has 122 valence electrons. The zero-order valence-corrected chi connectivity index (χ0v) is 13.4. The number of urea groups is 1. The first-order valence-electron chi connectivity index (χ1n) is 7.28. The first kappa shape index (κ1) is 16.7. The van der Waals surface area contributed by atoms with E-state index in [-0.39, 0.29) is 17.8 Å². The van der Waals surface area contributed by atoms with Crippen LogP contribution in [0.4, 0.5) is 14.9 Å². The Morgan fingerprint density at radius 2 is 2.13 bits per heavy atom. The molecule has 0 spiro atoms. The summed E-state index contributed by atoms with van der Waals surface area (Å²) in [6.07, 6.45) is 3.12. The van der Waals surface area contributed by atoms with Crippen molar-refractivity contribution >= 4 is 11.7 Å². The number of amides is 2. The van der Waals surface area contributed by atoms with Gasteiger partial charge in [0, 0.05) is 19.3 Å². The monoisotopic (exact) mass is 317 g/mol. The van der Waals surface area contributed by atoms with Gasteiger partial charge >= 0.3 is 6.03 Å². The second-order valence-corrected chi connectivity index (χ2v) is 5.26. The average molecular weight is 317 g/mol. The topological polar surface area (TPSA) is 54.5 Å². The number of likely N-dealkylation sites (N-methyl/N-ethyl adjacent to an activating group) is 1. The molecule has 1 heterocycles. The summed E-state index contributed by atoms with van der Waals surface area (Å²) < 4.78 is 18.9. The summed E-state index contributed by atoms with van der Waals surface area (Å²) in [5.41, 5.74) is 1.12. The number of halogens is 1. The number of benzene rings is 1. The zero-order valence-electron chi connectivity index (χ0n) is 13.4. The maximum Gasteiger partial charge on any atom is 0.321 e. The molecule has 2 amide bonds. The minimum Gasteiger partial charge on any atom is -0.496 e. The molecule has 2 rings (SSSR count). The van der Waals surface area contributed by atoms with Crippen LogP contribution in [0.15, 0.2) is 42.7 Å². The van der Waals surface area contributed by atoms with Crippen molar-refractivity contribution in [2.45, 2.75) is 19.4 Å². The lowest BCUT2D eigenvalue weighted by Gasteiger charge is -2.26. The van der Waals surface area contributed by atoms with E-state index in [4.69, 9.17) is 4.74 Å². The lowest BCUT2D eigenvalue weighted by atomic mass is 10.1. The van der Waals surface area contributed by atoms with Gasteiger partial charge in [-0.05, 0) is 31.0 Å². The molecule has 1 unspecified atom stereocenters. The van der Waals surface area contributed by atoms with E-state index in [1.54, 1.807) is 14.2 Å². The molecule has 0 aliphatic carbocycles. The summed E-state index contributed by atoms with van der Waals surface area (Å²) in [5, 5.41) is 2.55. The van der Waals surface area contributed by atoms with E-state index in [9.17, 15) is 9.18 Å². The predicted octanol–water partition coefficient (Wildman–Crippen LogP) is 3.32. The van der Waals surface area contributed by atoms with Gasteiger partial charge in [-0.15, -0.1) is 0 Å². The molecule has 1 aromatic carbocycles. The van der Waals surface area contributed by atoms with Crippen LogP contribution in [0.1, 0.15) is 12.5 Å². The highest BCUT2D eigenvalue weighted by Gasteiger charge is 2.18. The normalized spacial score (nSPS) is 11.7. The molecule has 1 atom stereocenters. The van der Waals surface area contributed by atoms with Gasteiger partial charge in [0.1, 0.15) is 5.75 Å². The standard InChI is InChI=1S/C17H20FN3O2/c1-12(10-13-6-4-5-7-16(13)23-3)21(2)17(22)20-15-8-9-19-11-14(15)18/h4-9,11-12H,10H2,1-3H3,(H,19,20,22). The number of hydrogen-bond acceptors (Lipinski definition) is 3. The number of aromatic nitrogens is 1. The Balaban J connectivity index is 2.03. The van der Waals surface area contributed by atoms with Crippen LogP contribution in [-0.2, 0) is 6.42 Å². The first-order valence-corrected chi connectivity index (χ1v) is 7.28. The van der Waals surface area contributed by atoms with Gasteiger partial charge < -0.3 is 15.0 Å². The van der Waals surface area contributed by atoms with Gasteiger partial charge in [-0.2, -0.15) is 0 Å². The highest BCUT2D eigenvalue weighted by Crippen LogP contribution is 2.20. The third kappa shape index (κ3) is 4.18. The highest BCUT2D eigenvalue weighted by molar-refractivity contribution is 5.89. The van der Waals surface area contributed by atoms with Crippen LogP contribution in [0.2, 0.25) is 0 Å². The largest absolute Gasteiger partial charge is 0.496 e. The number of rotatable bonds is 5. The Kier molecular flexibility index (Phi) is 5.51. The minimum absolute atomic E-state index is 0.0869. The van der Waals surface area contributed by atoms with Gasteiger partial charge in [0.15, 0.2) is 5.82 Å². The number of carbonyl (C=O) groups excluding carboxylic acids is 1. The number of carbonyl (C=O) groups is 1. The van der Waals surface area contributed by atoms with Crippen molar-refractivity contribution in [2.24, 2.45) is 0 Å². The smallest absolute Gasteiger partial charge is 0.321 e. The lowest BCUT2D eigenvalue weighted by molar-refractivity contribution is 0.207. The number of anilines is 1. The fourth-order valence-corrected chi connectivity index (χ4v) is 2.21. The number of methoxy groups -OCH3 is 1. The molecule has 2 aromatic rings. The Morgan fingerprint density at radius 3 is 2.83 bits per heavy atom. The van der Waals surface area contributed by atoms with Crippen LogP contribution >= 0.6 is 0 Å². The molecule has 1 aromatic heterocycles.